The maximum Gasteiger partial charge on any atom is 2.00 e. The van der Waals surface area contributed by atoms with E-state index in [1.54, 1.807) is 12.1 Å². The Labute approximate surface area is 233 Å². The molecule has 3 heterocycles. The number of ether oxygens (including phenoxy) is 1. The van der Waals surface area contributed by atoms with Gasteiger partial charge in [-0.2, -0.15) is 42.9 Å². The SMILES string of the molecule is Cc1ccnc(B2c3[c-]c(-c4[c-]c(Oc5ncccc5C(F)(F)F)ccc4)ccc3-c3ccccc32)c1.[Pt+2]. The van der Waals surface area contributed by atoms with Crippen LogP contribution in [0.4, 0.5) is 13.2 Å². The van der Waals surface area contributed by atoms with Gasteiger partial charge in [-0.05, 0) is 36.8 Å². The molecule has 0 N–H and O–H groups in total. The molecule has 3 nitrogen and oxygen atoms in total. The molecule has 5 aromatic rings. The predicted molar refractivity (Wildman–Crippen MR) is 138 cm³/mol. The van der Waals surface area contributed by atoms with E-state index in [4.69, 9.17) is 4.74 Å². The van der Waals surface area contributed by atoms with Gasteiger partial charge in [0.15, 0.2) is 0 Å². The van der Waals surface area contributed by atoms with Crippen molar-refractivity contribution in [3.8, 4) is 33.9 Å². The minimum absolute atomic E-state index is 0. The van der Waals surface area contributed by atoms with E-state index >= 15 is 0 Å². The Morgan fingerprint density at radius 2 is 1.61 bits per heavy atom. The first kappa shape index (κ1) is 25.9. The Balaban J connectivity index is 0.00000294. The number of nitrogens with zero attached hydrogens (tertiary/aromatic N) is 2. The van der Waals surface area contributed by atoms with Crippen LogP contribution in [-0.2, 0) is 27.2 Å². The number of halogens is 3. The maximum absolute atomic E-state index is 13.4. The molecule has 2 aromatic heterocycles. The number of fused-ring (bicyclic) bond motifs is 3. The molecule has 0 bridgehead atoms. The molecule has 0 fully saturated rings. The van der Waals surface area contributed by atoms with Gasteiger partial charge in [-0.15, -0.1) is 23.8 Å². The average Bonchev–Trinajstić information content (AvgIpc) is 3.22. The van der Waals surface area contributed by atoms with Gasteiger partial charge >= 0.3 is 27.2 Å². The fraction of sp³-hybridized carbons (Fsp3) is 0.0667. The largest absolute Gasteiger partial charge is 2.00 e. The minimum Gasteiger partial charge on any atom is -0.459 e. The van der Waals surface area contributed by atoms with E-state index in [0.717, 1.165) is 39.4 Å². The Morgan fingerprint density at radius 3 is 2.42 bits per heavy atom. The fourth-order valence-electron chi connectivity index (χ4n) is 4.76. The van der Waals surface area contributed by atoms with Gasteiger partial charge in [-0.1, -0.05) is 35.3 Å². The number of rotatable bonds is 4. The number of hydrogen-bond donors (Lipinski definition) is 0. The van der Waals surface area contributed by atoms with Crippen LogP contribution < -0.4 is 21.3 Å². The number of alkyl halides is 3. The third-order valence-corrected chi connectivity index (χ3v) is 6.40. The summed E-state index contributed by atoms with van der Waals surface area (Å²) in [7, 11) is 0. The first-order valence-corrected chi connectivity index (χ1v) is 11.7. The normalized spacial score (nSPS) is 11.9. The van der Waals surface area contributed by atoms with Gasteiger partial charge in [-0.25, -0.2) is 16.1 Å². The Kier molecular flexibility index (Phi) is 6.98. The van der Waals surface area contributed by atoms with Gasteiger partial charge in [0.25, 0.3) is 0 Å². The number of hydrogen-bond acceptors (Lipinski definition) is 3. The molecule has 6 rings (SSSR count). The van der Waals surface area contributed by atoms with E-state index in [0.29, 0.717) is 5.56 Å². The first-order chi connectivity index (χ1) is 17.9. The summed E-state index contributed by atoms with van der Waals surface area (Å²) in [6, 6.07) is 30.2. The zero-order chi connectivity index (χ0) is 25.6. The summed E-state index contributed by atoms with van der Waals surface area (Å²) in [5.41, 5.74) is 6.93. The average molecular weight is 685 g/mol. The minimum atomic E-state index is -4.58. The Bertz CT molecular complexity index is 1640. The second kappa shape index (κ2) is 10.2. The smallest absolute Gasteiger partial charge is 0.459 e. The van der Waals surface area contributed by atoms with Crippen molar-refractivity contribution in [1.29, 1.82) is 0 Å². The van der Waals surface area contributed by atoms with Crippen molar-refractivity contribution in [1.82, 2.24) is 9.97 Å². The Morgan fingerprint density at radius 1 is 0.789 bits per heavy atom. The Hall–Kier alpha value is -3.70. The van der Waals surface area contributed by atoms with Crippen LogP contribution in [0.15, 0.2) is 91.3 Å². The van der Waals surface area contributed by atoms with E-state index in [9.17, 15) is 13.2 Å². The summed E-state index contributed by atoms with van der Waals surface area (Å²) in [6.07, 6.45) is -1.50. The zero-order valence-electron chi connectivity index (χ0n) is 20.0. The third kappa shape index (κ3) is 4.79. The van der Waals surface area contributed by atoms with Crippen molar-refractivity contribution in [3.05, 3.63) is 115 Å². The zero-order valence-corrected chi connectivity index (χ0v) is 22.3. The van der Waals surface area contributed by atoms with E-state index < -0.39 is 17.6 Å². The van der Waals surface area contributed by atoms with Crippen molar-refractivity contribution in [3.63, 3.8) is 0 Å². The molecular weight excluding hydrogens is 667 g/mol. The molecule has 0 saturated heterocycles. The molecule has 0 unspecified atom stereocenters. The molecule has 1 aliphatic heterocycles. The van der Waals surface area contributed by atoms with E-state index in [-0.39, 0.29) is 33.5 Å². The van der Waals surface area contributed by atoms with E-state index in [1.165, 1.54) is 17.7 Å². The summed E-state index contributed by atoms with van der Waals surface area (Å²) in [5.74, 6) is -0.377. The molecule has 38 heavy (non-hydrogen) atoms. The van der Waals surface area contributed by atoms with Crippen LogP contribution in [0.3, 0.4) is 0 Å². The van der Waals surface area contributed by atoms with Crippen LogP contribution in [-0.4, -0.2) is 16.7 Å². The van der Waals surface area contributed by atoms with Crippen LogP contribution >= 0.6 is 0 Å². The van der Waals surface area contributed by atoms with Crippen molar-refractivity contribution >= 4 is 23.2 Å². The summed E-state index contributed by atoms with van der Waals surface area (Å²) in [4.78, 5) is 8.45. The van der Waals surface area contributed by atoms with Gasteiger partial charge in [0.2, 0.25) is 12.6 Å². The number of aryl methyl sites for hydroxylation is 1. The number of pyridine rings is 2. The molecule has 0 saturated carbocycles. The first-order valence-electron chi connectivity index (χ1n) is 11.7. The van der Waals surface area contributed by atoms with E-state index in [1.807, 2.05) is 43.5 Å². The molecule has 0 amide bonds. The van der Waals surface area contributed by atoms with Gasteiger partial charge in [0, 0.05) is 23.7 Å². The summed E-state index contributed by atoms with van der Waals surface area (Å²) in [5, 5.41) is 0. The maximum atomic E-state index is 13.4. The van der Waals surface area contributed by atoms with Gasteiger partial charge < -0.3 is 4.74 Å². The fourth-order valence-corrected chi connectivity index (χ4v) is 4.76. The van der Waals surface area contributed by atoms with Crippen LogP contribution in [0.1, 0.15) is 11.1 Å². The van der Waals surface area contributed by atoms with Crippen LogP contribution in [0.5, 0.6) is 11.6 Å². The van der Waals surface area contributed by atoms with Gasteiger partial charge in [0.05, 0.1) is 0 Å². The molecule has 0 radical (unpaired) electrons. The summed E-state index contributed by atoms with van der Waals surface area (Å²) in [6.45, 7) is 1.97. The monoisotopic (exact) mass is 685 g/mol. The van der Waals surface area contributed by atoms with Crippen LogP contribution in [0.2, 0.25) is 0 Å². The third-order valence-electron chi connectivity index (χ3n) is 6.40. The summed E-state index contributed by atoms with van der Waals surface area (Å²) >= 11 is 0. The molecule has 188 valence electrons. The second-order valence-electron chi connectivity index (χ2n) is 8.86. The molecular formula is C30H18BF3N2OPt. The predicted octanol–water partition coefficient (Wildman–Crippen LogP) is 5.36. The molecule has 3 aromatic carbocycles. The van der Waals surface area contributed by atoms with Crippen molar-refractivity contribution < 1.29 is 39.0 Å². The standard InChI is InChI=1S/C30H18BF3N2O.Pt/c1-19-13-15-35-28(16-19)31-26-10-3-2-8-23(26)24-12-11-21(18-27(24)31)20-6-4-7-22(17-20)37-29-25(30(32,33)34)9-5-14-36-29;/h2-16H,1H3;/q-2;+2. The molecule has 1 aliphatic rings. The summed E-state index contributed by atoms with van der Waals surface area (Å²) < 4.78 is 45.7. The number of aromatic nitrogens is 2. The molecule has 0 atom stereocenters. The van der Waals surface area contributed by atoms with Crippen LogP contribution in [0.25, 0.3) is 22.3 Å². The topological polar surface area (TPSA) is 35.0 Å². The quantitative estimate of drug-likeness (QED) is 0.185. The number of benzene rings is 3. The van der Waals surface area contributed by atoms with Crippen molar-refractivity contribution in [2.24, 2.45) is 0 Å². The van der Waals surface area contributed by atoms with E-state index in [2.05, 4.69) is 46.4 Å². The van der Waals surface area contributed by atoms with Crippen molar-refractivity contribution in [2.75, 3.05) is 0 Å². The van der Waals surface area contributed by atoms with Gasteiger partial charge in [-0.3, -0.25) is 4.98 Å². The second-order valence-corrected chi connectivity index (χ2v) is 8.86. The molecule has 8 heteroatoms. The van der Waals surface area contributed by atoms with Crippen LogP contribution in [0, 0.1) is 19.1 Å². The van der Waals surface area contributed by atoms with Crippen molar-refractivity contribution in [2.45, 2.75) is 13.1 Å². The molecule has 0 aliphatic carbocycles. The van der Waals surface area contributed by atoms with Gasteiger partial charge in [0.1, 0.15) is 5.56 Å². The molecule has 0 spiro atoms.